The van der Waals surface area contributed by atoms with Crippen LogP contribution in [0.3, 0.4) is 0 Å². The van der Waals surface area contributed by atoms with Gasteiger partial charge in [-0.05, 0) is 24.1 Å². The summed E-state index contributed by atoms with van der Waals surface area (Å²) in [7, 11) is 1.61. The van der Waals surface area contributed by atoms with Gasteiger partial charge in [0.15, 0.2) is 5.16 Å². The Hall–Kier alpha value is -2.22. The van der Waals surface area contributed by atoms with Crippen LogP contribution in [0.15, 0.2) is 34.2 Å². The lowest BCUT2D eigenvalue weighted by Gasteiger charge is -2.07. The molecule has 0 aliphatic heterocycles. The van der Waals surface area contributed by atoms with Crippen molar-refractivity contribution in [3.63, 3.8) is 0 Å². The molecule has 0 saturated heterocycles. The lowest BCUT2D eigenvalue weighted by atomic mass is 10.2. The van der Waals surface area contributed by atoms with Crippen molar-refractivity contribution in [1.29, 1.82) is 0 Å². The maximum atomic E-state index is 12.0. The highest BCUT2D eigenvalue weighted by Crippen LogP contribution is 2.14. The van der Waals surface area contributed by atoms with Crippen LogP contribution in [0.25, 0.3) is 0 Å². The van der Waals surface area contributed by atoms with Crippen molar-refractivity contribution in [2.75, 3.05) is 12.9 Å². The van der Waals surface area contributed by atoms with E-state index in [1.54, 1.807) is 11.7 Å². The fraction of sp³-hybridized carbons (Fsp3) is 0.438. The molecule has 24 heavy (non-hydrogen) atoms. The molecule has 8 heteroatoms. The van der Waals surface area contributed by atoms with Crippen molar-refractivity contribution >= 4 is 17.7 Å². The standard InChI is InChI=1S/C16H22N4O3S/c1-3-4-9-20-15(22)18-19-16(20)24-11-14(21)17-10-12-5-7-13(23-2)8-6-12/h5-8H,3-4,9-11H2,1-2H3,(H,17,21)(H,18,22). The number of thioether (sulfide) groups is 1. The van der Waals surface area contributed by atoms with Gasteiger partial charge in [0.25, 0.3) is 0 Å². The Morgan fingerprint density at radius 1 is 1.38 bits per heavy atom. The molecule has 1 aromatic heterocycles. The zero-order valence-electron chi connectivity index (χ0n) is 13.9. The highest BCUT2D eigenvalue weighted by atomic mass is 32.2. The third-order valence-corrected chi connectivity index (χ3v) is 4.42. The lowest BCUT2D eigenvalue weighted by molar-refractivity contribution is -0.118. The number of nitrogens with one attached hydrogen (secondary N) is 2. The van der Waals surface area contributed by atoms with E-state index in [1.807, 2.05) is 24.3 Å². The second-order valence-electron chi connectivity index (χ2n) is 5.23. The van der Waals surface area contributed by atoms with Crippen LogP contribution in [0.5, 0.6) is 5.75 Å². The molecule has 0 saturated carbocycles. The van der Waals surface area contributed by atoms with Crippen molar-refractivity contribution in [3.05, 3.63) is 40.3 Å². The number of ether oxygens (including phenoxy) is 1. The summed E-state index contributed by atoms with van der Waals surface area (Å²) in [5, 5.41) is 9.80. The smallest absolute Gasteiger partial charge is 0.343 e. The molecule has 1 amide bonds. The van der Waals surface area contributed by atoms with Crippen LogP contribution in [-0.2, 0) is 17.9 Å². The zero-order chi connectivity index (χ0) is 17.4. The van der Waals surface area contributed by atoms with E-state index in [-0.39, 0.29) is 17.3 Å². The molecule has 1 heterocycles. The number of benzene rings is 1. The summed E-state index contributed by atoms with van der Waals surface area (Å²) >= 11 is 1.26. The summed E-state index contributed by atoms with van der Waals surface area (Å²) in [6.07, 6.45) is 1.89. The van der Waals surface area contributed by atoms with E-state index in [1.165, 1.54) is 11.8 Å². The topological polar surface area (TPSA) is 89.0 Å². The van der Waals surface area contributed by atoms with E-state index in [4.69, 9.17) is 4.74 Å². The number of nitrogens with zero attached hydrogens (tertiary/aromatic N) is 2. The maximum Gasteiger partial charge on any atom is 0.343 e. The number of unbranched alkanes of at least 4 members (excludes halogenated alkanes) is 1. The molecular weight excluding hydrogens is 328 g/mol. The Morgan fingerprint density at radius 2 is 2.12 bits per heavy atom. The van der Waals surface area contributed by atoms with Gasteiger partial charge in [0.05, 0.1) is 12.9 Å². The van der Waals surface area contributed by atoms with E-state index in [0.717, 1.165) is 24.2 Å². The average molecular weight is 350 g/mol. The maximum absolute atomic E-state index is 12.0. The monoisotopic (exact) mass is 350 g/mol. The minimum atomic E-state index is -0.232. The first-order chi connectivity index (χ1) is 11.6. The Bertz CT molecular complexity index is 709. The molecular formula is C16H22N4O3S. The third kappa shape index (κ3) is 5.16. The van der Waals surface area contributed by atoms with Crippen molar-refractivity contribution in [1.82, 2.24) is 20.1 Å². The number of H-pyrrole nitrogens is 1. The Morgan fingerprint density at radius 3 is 2.79 bits per heavy atom. The molecule has 0 unspecified atom stereocenters. The van der Waals surface area contributed by atoms with E-state index in [9.17, 15) is 9.59 Å². The molecule has 0 bridgehead atoms. The fourth-order valence-electron chi connectivity index (χ4n) is 2.05. The van der Waals surface area contributed by atoms with Gasteiger partial charge in [-0.25, -0.2) is 9.89 Å². The number of methoxy groups -OCH3 is 1. The Kier molecular flexibility index (Phi) is 6.92. The molecule has 2 N–H and O–H groups in total. The molecule has 0 atom stereocenters. The summed E-state index contributed by atoms with van der Waals surface area (Å²) in [4.78, 5) is 23.6. The quantitative estimate of drug-likeness (QED) is 0.673. The molecule has 0 radical (unpaired) electrons. The van der Waals surface area contributed by atoms with Gasteiger partial charge in [0.2, 0.25) is 5.91 Å². The van der Waals surface area contributed by atoms with Crippen molar-refractivity contribution < 1.29 is 9.53 Å². The molecule has 1 aromatic carbocycles. The number of aromatic nitrogens is 3. The zero-order valence-corrected chi connectivity index (χ0v) is 14.7. The number of rotatable bonds is 9. The Labute approximate surface area is 144 Å². The third-order valence-electron chi connectivity index (χ3n) is 3.44. The first kappa shape index (κ1) is 18.1. The fourth-order valence-corrected chi connectivity index (χ4v) is 2.85. The molecule has 2 rings (SSSR count). The van der Waals surface area contributed by atoms with Gasteiger partial charge in [-0.3, -0.25) is 9.36 Å². The SMILES string of the molecule is CCCCn1c(SCC(=O)NCc2ccc(OC)cc2)n[nH]c1=O. The summed E-state index contributed by atoms with van der Waals surface area (Å²) in [6.45, 7) is 3.12. The van der Waals surface area contributed by atoms with Gasteiger partial charge in [-0.1, -0.05) is 37.2 Å². The van der Waals surface area contributed by atoms with Crippen LogP contribution in [0, 0.1) is 0 Å². The van der Waals surface area contributed by atoms with Gasteiger partial charge < -0.3 is 10.1 Å². The van der Waals surface area contributed by atoms with Crippen LogP contribution in [0.4, 0.5) is 0 Å². The van der Waals surface area contributed by atoms with Gasteiger partial charge in [0, 0.05) is 13.1 Å². The molecule has 0 aliphatic carbocycles. The van der Waals surface area contributed by atoms with E-state index in [2.05, 4.69) is 22.4 Å². The molecule has 2 aromatic rings. The van der Waals surface area contributed by atoms with Gasteiger partial charge >= 0.3 is 5.69 Å². The van der Waals surface area contributed by atoms with Gasteiger partial charge in [-0.15, -0.1) is 5.10 Å². The summed E-state index contributed by atoms with van der Waals surface area (Å²) < 4.78 is 6.67. The number of amides is 1. The number of hydrogen-bond donors (Lipinski definition) is 2. The van der Waals surface area contributed by atoms with E-state index >= 15 is 0 Å². The highest BCUT2D eigenvalue weighted by Gasteiger charge is 2.11. The number of aromatic amines is 1. The minimum Gasteiger partial charge on any atom is -0.497 e. The van der Waals surface area contributed by atoms with Crippen molar-refractivity contribution in [3.8, 4) is 5.75 Å². The van der Waals surface area contributed by atoms with E-state index in [0.29, 0.717) is 18.2 Å². The predicted molar refractivity (Wildman–Crippen MR) is 93.3 cm³/mol. The van der Waals surface area contributed by atoms with Crippen molar-refractivity contribution in [2.45, 2.75) is 38.0 Å². The predicted octanol–water partition coefficient (Wildman–Crippen LogP) is 1.79. The summed E-state index contributed by atoms with van der Waals surface area (Å²) in [5.41, 5.74) is 0.762. The van der Waals surface area contributed by atoms with Crippen LogP contribution in [0.2, 0.25) is 0 Å². The highest BCUT2D eigenvalue weighted by molar-refractivity contribution is 7.99. The first-order valence-electron chi connectivity index (χ1n) is 7.81. The van der Waals surface area contributed by atoms with Crippen LogP contribution >= 0.6 is 11.8 Å². The normalized spacial score (nSPS) is 10.6. The minimum absolute atomic E-state index is 0.103. The average Bonchev–Trinajstić information content (AvgIpc) is 2.96. The van der Waals surface area contributed by atoms with Gasteiger partial charge in [-0.2, -0.15) is 0 Å². The van der Waals surface area contributed by atoms with Crippen molar-refractivity contribution in [2.24, 2.45) is 0 Å². The van der Waals surface area contributed by atoms with Crippen LogP contribution in [0.1, 0.15) is 25.3 Å². The summed E-state index contributed by atoms with van der Waals surface area (Å²) in [6, 6.07) is 7.52. The molecule has 0 aliphatic rings. The first-order valence-corrected chi connectivity index (χ1v) is 8.80. The lowest BCUT2D eigenvalue weighted by Crippen LogP contribution is -2.25. The largest absolute Gasteiger partial charge is 0.497 e. The number of carbonyl (C=O) groups excluding carboxylic acids is 1. The molecule has 0 fully saturated rings. The number of carbonyl (C=O) groups is 1. The summed E-state index contributed by atoms with van der Waals surface area (Å²) in [5.74, 6) is 0.893. The molecule has 130 valence electrons. The molecule has 7 nitrogen and oxygen atoms in total. The number of hydrogen-bond acceptors (Lipinski definition) is 5. The van der Waals surface area contributed by atoms with E-state index < -0.39 is 0 Å². The molecule has 0 spiro atoms. The second-order valence-corrected chi connectivity index (χ2v) is 6.17. The second kappa shape index (κ2) is 9.17. The van der Waals surface area contributed by atoms with Crippen LogP contribution < -0.4 is 15.7 Å². The van der Waals surface area contributed by atoms with Gasteiger partial charge in [0.1, 0.15) is 5.75 Å². The van der Waals surface area contributed by atoms with Crippen LogP contribution in [-0.4, -0.2) is 33.5 Å². The Balaban J connectivity index is 1.81.